The maximum Gasteiger partial charge on any atom is 0.267 e. The molecule has 4 rings (SSSR count). The number of hydrogen-bond donors (Lipinski definition) is 0. The first-order chi connectivity index (χ1) is 15.5. The predicted molar refractivity (Wildman–Crippen MR) is 135 cm³/mol. The molecule has 2 atom stereocenters. The van der Waals surface area contributed by atoms with Crippen molar-refractivity contribution < 1.29 is 14.3 Å². The van der Waals surface area contributed by atoms with E-state index in [1.807, 2.05) is 53.4 Å². The molecular weight excluding hydrogens is 488 g/mol. The molecule has 0 N–H and O–H groups in total. The van der Waals surface area contributed by atoms with Gasteiger partial charge in [-0.3, -0.25) is 9.69 Å². The van der Waals surface area contributed by atoms with Crippen LogP contribution in [0.3, 0.4) is 0 Å². The van der Waals surface area contributed by atoms with Crippen molar-refractivity contribution in [1.82, 2.24) is 4.90 Å². The van der Waals surface area contributed by atoms with E-state index in [1.54, 1.807) is 14.2 Å². The molecule has 2 fully saturated rings. The van der Waals surface area contributed by atoms with Gasteiger partial charge in [-0.05, 0) is 70.7 Å². The number of para-hydroxylation sites is 1. The Kier molecular flexibility index (Phi) is 7.26. The lowest BCUT2D eigenvalue weighted by molar-refractivity contribution is -0.124. The molecule has 1 heterocycles. The Morgan fingerprint density at radius 2 is 1.81 bits per heavy atom. The van der Waals surface area contributed by atoms with Crippen LogP contribution >= 0.6 is 27.7 Å². The molecule has 0 radical (unpaired) electrons. The fourth-order valence-corrected chi connectivity index (χ4v) is 5.85. The fraction of sp³-hybridized carbons (Fsp3) is 0.360. The van der Waals surface area contributed by atoms with E-state index in [1.165, 1.54) is 18.2 Å². The van der Waals surface area contributed by atoms with Gasteiger partial charge in [0.2, 0.25) is 0 Å². The molecule has 0 aromatic heterocycles. The molecule has 32 heavy (non-hydrogen) atoms. The van der Waals surface area contributed by atoms with Crippen molar-refractivity contribution in [2.24, 2.45) is 10.9 Å². The van der Waals surface area contributed by atoms with Crippen molar-refractivity contribution in [3.8, 4) is 11.5 Å². The largest absolute Gasteiger partial charge is 0.496 e. The Morgan fingerprint density at radius 3 is 2.50 bits per heavy atom. The first kappa shape index (κ1) is 22.9. The number of ether oxygens (including phenoxy) is 2. The number of amides is 1. The molecule has 5 nitrogen and oxygen atoms in total. The van der Waals surface area contributed by atoms with Crippen LogP contribution in [0.4, 0.5) is 5.69 Å². The number of methoxy groups -OCH3 is 2. The van der Waals surface area contributed by atoms with Crippen LogP contribution in [-0.2, 0) is 4.79 Å². The Bertz CT molecular complexity index is 1050. The lowest BCUT2D eigenvalue weighted by Gasteiger charge is -2.35. The van der Waals surface area contributed by atoms with Crippen molar-refractivity contribution in [3.63, 3.8) is 0 Å². The normalized spacial score (nSPS) is 23.8. The second-order valence-electron chi connectivity index (χ2n) is 8.07. The van der Waals surface area contributed by atoms with Gasteiger partial charge in [-0.2, -0.15) is 0 Å². The summed E-state index contributed by atoms with van der Waals surface area (Å²) in [4.78, 5) is 21.1. The van der Waals surface area contributed by atoms with E-state index in [0.717, 1.165) is 40.2 Å². The summed E-state index contributed by atoms with van der Waals surface area (Å²) >= 11 is 4.97. The number of nitrogens with zero attached hydrogens (tertiary/aromatic N) is 2. The minimum atomic E-state index is 0.0115. The molecule has 2 aliphatic rings. The van der Waals surface area contributed by atoms with Crippen molar-refractivity contribution in [3.05, 3.63) is 57.4 Å². The van der Waals surface area contributed by atoms with Gasteiger partial charge in [-0.25, -0.2) is 4.99 Å². The SMILES string of the molecule is COc1cc(OC)c(/C=C2\SC(=Nc3ccccc3)N([C@@H]3CCCC[C@H]3C)C2=O)cc1Br. The van der Waals surface area contributed by atoms with Crippen molar-refractivity contribution in [2.45, 2.75) is 38.6 Å². The first-order valence-corrected chi connectivity index (χ1v) is 12.4. The van der Waals surface area contributed by atoms with E-state index in [-0.39, 0.29) is 11.9 Å². The average Bonchev–Trinajstić information content (AvgIpc) is 3.09. The number of carbonyl (C=O) groups excluding carboxylic acids is 1. The zero-order valence-corrected chi connectivity index (χ0v) is 20.9. The number of carbonyl (C=O) groups is 1. The second-order valence-corrected chi connectivity index (χ2v) is 9.94. The Morgan fingerprint density at radius 1 is 1.09 bits per heavy atom. The third kappa shape index (κ3) is 4.74. The summed E-state index contributed by atoms with van der Waals surface area (Å²) in [5, 5.41) is 0.748. The highest BCUT2D eigenvalue weighted by atomic mass is 79.9. The Balaban J connectivity index is 1.75. The van der Waals surface area contributed by atoms with Gasteiger partial charge < -0.3 is 9.47 Å². The van der Waals surface area contributed by atoms with Crippen LogP contribution in [0.25, 0.3) is 6.08 Å². The van der Waals surface area contributed by atoms with E-state index in [9.17, 15) is 4.79 Å². The van der Waals surface area contributed by atoms with Gasteiger partial charge in [0.25, 0.3) is 5.91 Å². The fourth-order valence-electron chi connectivity index (χ4n) is 4.29. The number of rotatable bonds is 5. The van der Waals surface area contributed by atoms with Gasteiger partial charge in [0.15, 0.2) is 5.17 Å². The van der Waals surface area contributed by atoms with Crippen LogP contribution < -0.4 is 9.47 Å². The summed E-state index contributed by atoms with van der Waals surface area (Å²) < 4.78 is 11.7. The third-order valence-electron chi connectivity index (χ3n) is 6.01. The number of halogens is 1. The molecule has 0 spiro atoms. The summed E-state index contributed by atoms with van der Waals surface area (Å²) in [6.07, 6.45) is 6.39. The van der Waals surface area contributed by atoms with E-state index in [4.69, 9.17) is 14.5 Å². The highest BCUT2D eigenvalue weighted by molar-refractivity contribution is 9.10. The molecular formula is C25H27BrN2O3S. The number of hydrogen-bond acceptors (Lipinski definition) is 5. The standard InChI is InChI=1S/C25H27BrN2O3S/c1-16-9-7-8-12-20(16)28-24(29)23(32-25(28)27-18-10-5-4-6-11-18)14-17-13-19(26)22(31-3)15-21(17)30-2/h4-6,10-11,13-16,20H,7-9,12H2,1-3H3/b23-14-,27-25?/t16-,20-/m1/s1. The molecule has 1 saturated carbocycles. The minimum absolute atomic E-state index is 0.0115. The van der Waals surface area contributed by atoms with Crippen LogP contribution in [0, 0.1) is 5.92 Å². The number of amidine groups is 1. The van der Waals surface area contributed by atoms with E-state index in [0.29, 0.717) is 22.3 Å². The molecule has 7 heteroatoms. The molecule has 0 bridgehead atoms. The summed E-state index contributed by atoms with van der Waals surface area (Å²) in [5.74, 6) is 1.78. The summed E-state index contributed by atoms with van der Waals surface area (Å²) in [6, 6.07) is 13.7. The quantitative estimate of drug-likeness (QED) is 0.419. The number of thioether (sulfide) groups is 1. The predicted octanol–water partition coefficient (Wildman–Crippen LogP) is 6.65. The van der Waals surface area contributed by atoms with Gasteiger partial charge in [0, 0.05) is 17.7 Å². The highest BCUT2D eigenvalue weighted by Crippen LogP contribution is 2.42. The van der Waals surface area contributed by atoms with Gasteiger partial charge in [0.05, 0.1) is 29.3 Å². The van der Waals surface area contributed by atoms with E-state index in [2.05, 4.69) is 22.9 Å². The number of aliphatic imine (C=N–C) groups is 1. The Labute approximate surface area is 202 Å². The molecule has 1 aliphatic heterocycles. The highest BCUT2D eigenvalue weighted by Gasteiger charge is 2.41. The smallest absolute Gasteiger partial charge is 0.267 e. The molecule has 2 aromatic rings. The van der Waals surface area contributed by atoms with E-state index < -0.39 is 0 Å². The first-order valence-electron chi connectivity index (χ1n) is 10.8. The molecule has 2 aromatic carbocycles. The zero-order chi connectivity index (χ0) is 22.7. The van der Waals surface area contributed by atoms with Crippen LogP contribution in [-0.4, -0.2) is 36.2 Å². The van der Waals surface area contributed by atoms with Crippen LogP contribution in [0.1, 0.15) is 38.2 Å². The lowest BCUT2D eigenvalue weighted by Crippen LogP contribution is -2.44. The second kappa shape index (κ2) is 10.1. The summed E-state index contributed by atoms with van der Waals surface area (Å²) in [5.41, 5.74) is 1.66. The Hall–Kier alpha value is -2.25. The van der Waals surface area contributed by atoms with Crippen molar-refractivity contribution >= 4 is 50.5 Å². The maximum absolute atomic E-state index is 13.6. The monoisotopic (exact) mass is 514 g/mol. The van der Waals surface area contributed by atoms with E-state index >= 15 is 0 Å². The lowest BCUT2D eigenvalue weighted by atomic mass is 9.85. The molecule has 0 unspecified atom stereocenters. The molecule has 1 amide bonds. The topological polar surface area (TPSA) is 51.1 Å². The third-order valence-corrected chi connectivity index (χ3v) is 7.61. The van der Waals surface area contributed by atoms with Crippen LogP contribution in [0.5, 0.6) is 11.5 Å². The van der Waals surface area contributed by atoms with Gasteiger partial charge >= 0.3 is 0 Å². The maximum atomic E-state index is 13.6. The number of benzene rings is 2. The summed E-state index contributed by atoms with van der Waals surface area (Å²) in [7, 11) is 3.23. The molecule has 1 aliphatic carbocycles. The summed E-state index contributed by atoms with van der Waals surface area (Å²) in [6.45, 7) is 2.24. The van der Waals surface area contributed by atoms with Crippen molar-refractivity contribution in [1.29, 1.82) is 0 Å². The molecule has 168 valence electrons. The van der Waals surface area contributed by atoms with Gasteiger partial charge in [-0.1, -0.05) is 38.0 Å². The van der Waals surface area contributed by atoms with Gasteiger partial charge in [-0.15, -0.1) is 0 Å². The minimum Gasteiger partial charge on any atom is -0.496 e. The van der Waals surface area contributed by atoms with Gasteiger partial charge in [0.1, 0.15) is 11.5 Å². The van der Waals surface area contributed by atoms with Crippen LogP contribution in [0.15, 0.2) is 56.8 Å². The average molecular weight is 515 g/mol. The van der Waals surface area contributed by atoms with Crippen molar-refractivity contribution in [2.75, 3.05) is 14.2 Å². The van der Waals surface area contributed by atoms with Crippen LogP contribution in [0.2, 0.25) is 0 Å². The molecule has 1 saturated heterocycles. The zero-order valence-electron chi connectivity index (χ0n) is 18.5.